The third kappa shape index (κ3) is 3.61. The standard InChI is InChI=1S/C16H19Cl2N3O3/c1-19-4-5-20-6-7-21(9-13(20)16(19)23)15(22)10-24-14-3-2-11(17)8-12(14)18/h2-3,8,13H,4-7,9-10H2,1H3/t13-/m0/s1. The number of fused-ring (bicyclic) bond motifs is 1. The number of ether oxygens (including phenoxy) is 1. The largest absolute Gasteiger partial charge is 0.482 e. The molecular formula is C16H19Cl2N3O3. The van der Waals surface area contributed by atoms with Gasteiger partial charge in [-0.15, -0.1) is 0 Å². The second kappa shape index (κ2) is 7.17. The van der Waals surface area contributed by atoms with E-state index >= 15 is 0 Å². The molecule has 6 nitrogen and oxygen atoms in total. The first kappa shape index (κ1) is 17.3. The van der Waals surface area contributed by atoms with E-state index in [1.54, 1.807) is 35.0 Å². The van der Waals surface area contributed by atoms with Crippen LogP contribution in [0.4, 0.5) is 0 Å². The van der Waals surface area contributed by atoms with Crippen molar-refractivity contribution in [2.75, 3.05) is 46.4 Å². The zero-order valence-electron chi connectivity index (χ0n) is 13.4. The lowest BCUT2D eigenvalue weighted by atomic mass is 10.1. The van der Waals surface area contributed by atoms with Crippen LogP contribution in [0.15, 0.2) is 18.2 Å². The number of carbonyl (C=O) groups is 2. The summed E-state index contributed by atoms with van der Waals surface area (Å²) in [6.07, 6.45) is 0. The second-order valence-corrected chi connectivity index (χ2v) is 6.86. The molecule has 0 radical (unpaired) electrons. The van der Waals surface area contributed by atoms with E-state index in [2.05, 4.69) is 4.90 Å². The molecule has 130 valence electrons. The van der Waals surface area contributed by atoms with Gasteiger partial charge in [-0.3, -0.25) is 14.5 Å². The van der Waals surface area contributed by atoms with E-state index in [9.17, 15) is 9.59 Å². The van der Waals surface area contributed by atoms with Crippen LogP contribution in [0.5, 0.6) is 5.75 Å². The number of likely N-dealkylation sites (N-methyl/N-ethyl adjacent to an activating group) is 1. The van der Waals surface area contributed by atoms with Crippen molar-refractivity contribution in [3.05, 3.63) is 28.2 Å². The summed E-state index contributed by atoms with van der Waals surface area (Å²) < 4.78 is 5.50. The van der Waals surface area contributed by atoms with Gasteiger partial charge in [-0.25, -0.2) is 0 Å². The topological polar surface area (TPSA) is 53.1 Å². The Balaban J connectivity index is 1.58. The Bertz CT molecular complexity index is 655. The minimum atomic E-state index is -0.249. The van der Waals surface area contributed by atoms with Crippen molar-refractivity contribution in [1.82, 2.24) is 14.7 Å². The van der Waals surface area contributed by atoms with Crippen LogP contribution in [0.2, 0.25) is 10.0 Å². The van der Waals surface area contributed by atoms with Crippen molar-refractivity contribution in [2.45, 2.75) is 6.04 Å². The van der Waals surface area contributed by atoms with Gasteiger partial charge in [0.2, 0.25) is 5.91 Å². The number of hydrogen-bond donors (Lipinski definition) is 0. The van der Waals surface area contributed by atoms with Gasteiger partial charge in [-0.05, 0) is 18.2 Å². The predicted molar refractivity (Wildman–Crippen MR) is 91.5 cm³/mol. The number of halogens is 2. The van der Waals surface area contributed by atoms with Gasteiger partial charge in [0.05, 0.1) is 5.02 Å². The van der Waals surface area contributed by atoms with Crippen LogP contribution in [0.1, 0.15) is 0 Å². The molecular weight excluding hydrogens is 353 g/mol. The van der Waals surface area contributed by atoms with Gasteiger partial charge in [0.15, 0.2) is 6.61 Å². The van der Waals surface area contributed by atoms with Crippen LogP contribution in [0, 0.1) is 0 Å². The van der Waals surface area contributed by atoms with Crippen LogP contribution < -0.4 is 4.74 Å². The lowest BCUT2D eigenvalue weighted by Crippen LogP contribution is -2.64. The Morgan fingerprint density at radius 1 is 1.25 bits per heavy atom. The predicted octanol–water partition coefficient (Wildman–Crippen LogP) is 1.36. The highest BCUT2D eigenvalue weighted by atomic mass is 35.5. The van der Waals surface area contributed by atoms with E-state index < -0.39 is 0 Å². The highest BCUT2D eigenvalue weighted by molar-refractivity contribution is 6.35. The van der Waals surface area contributed by atoms with Gasteiger partial charge in [0, 0.05) is 44.8 Å². The molecule has 0 saturated carbocycles. The summed E-state index contributed by atoms with van der Waals surface area (Å²) in [5.41, 5.74) is 0. The van der Waals surface area contributed by atoms with Gasteiger partial charge in [0.25, 0.3) is 5.91 Å². The van der Waals surface area contributed by atoms with Crippen LogP contribution in [-0.4, -0.2) is 78.9 Å². The second-order valence-electron chi connectivity index (χ2n) is 6.01. The maximum atomic E-state index is 12.4. The van der Waals surface area contributed by atoms with E-state index in [1.807, 2.05) is 0 Å². The fourth-order valence-corrected chi connectivity index (χ4v) is 3.48. The molecule has 0 N–H and O–H groups in total. The molecule has 2 heterocycles. The molecule has 0 aromatic heterocycles. The first-order chi connectivity index (χ1) is 11.5. The van der Waals surface area contributed by atoms with E-state index in [1.165, 1.54) is 0 Å². The van der Waals surface area contributed by atoms with Gasteiger partial charge in [0.1, 0.15) is 11.8 Å². The van der Waals surface area contributed by atoms with Gasteiger partial charge in [-0.2, -0.15) is 0 Å². The summed E-state index contributed by atoms with van der Waals surface area (Å²) in [7, 11) is 1.80. The molecule has 0 spiro atoms. The molecule has 1 atom stereocenters. The molecule has 0 unspecified atom stereocenters. The zero-order chi connectivity index (χ0) is 17.3. The zero-order valence-corrected chi connectivity index (χ0v) is 14.9. The lowest BCUT2D eigenvalue weighted by molar-refractivity contribution is -0.148. The van der Waals surface area contributed by atoms with E-state index in [0.29, 0.717) is 35.4 Å². The highest BCUT2D eigenvalue weighted by Gasteiger charge is 2.38. The minimum absolute atomic E-state index is 0.0698. The Hall–Kier alpha value is -1.50. The molecule has 2 saturated heterocycles. The van der Waals surface area contributed by atoms with Crippen molar-refractivity contribution in [3.8, 4) is 5.75 Å². The van der Waals surface area contributed by atoms with Crippen molar-refractivity contribution < 1.29 is 14.3 Å². The molecule has 2 fully saturated rings. The summed E-state index contributed by atoms with van der Waals surface area (Å²) in [6, 6.07) is 4.61. The van der Waals surface area contributed by atoms with E-state index in [4.69, 9.17) is 27.9 Å². The third-order valence-electron chi connectivity index (χ3n) is 4.47. The van der Waals surface area contributed by atoms with Crippen LogP contribution in [-0.2, 0) is 9.59 Å². The summed E-state index contributed by atoms with van der Waals surface area (Å²) >= 11 is 11.9. The SMILES string of the molecule is CN1CCN2CCN(C(=O)COc3ccc(Cl)cc3Cl)C[C@H]2C1=O. The van der Waals surface area contributed by atoms with Crippen LogP contribution in [0.3, 0.4) is 0 Å². The number of nitrogens with zero attached hydrogens (tertiary/aromatic N) is 3. The molecule has 1 aromatic rings. The fourth-order valence-electron chi connectivity index (χ4n) is 3.02. The van der Waals surface area contributed by atoms with Crippen LogP contribution in [0.25, 0.3) is 0 Å². The smallest absolute Gasteiger partial charge is 0.260 e. The Morgan fingerprint density at radius 2 is 2.00 bits per heavy atom. The number of amides is 2. The first-order valence-corrected chi connectivity index (χ1v) is 8.56. The van der Waals surface area contributed by atoms with Gasteiger partial charge >= 0.3 is 0 Å². The highest BCUT2D eigenvalue weighted by Crippen LogP contribution is 2.27. The molecule has 0 bridgehead atoms. The normalized spacial score (nSPS) is 21.6. The third-order valence-corrected chi connectivity index (χ3v) is 5.00. The summed E-state index contributed by atoms with van der Waals surface area (Å²) in [6.45, 7) is 3.19. The van der Waals surface area contributed by atoms with Crippen molar-refractivity contribution in [2.24, 2.45) is 0 Å². The monoisotopic (exact) mass is 371 g/mol. The maximum absolute atomic E-state index is 12.4. The molecule has 2 aliphatic heterocycles. The number of benzene rings is 1. The Morgan fingerprint density at radius 3 is 2.75 bits per heavy atom. The van der Waals surface area contributed by atoms with E-state index in [-0.39, 0.29) is 24.5 Å². The van der Waals surface area contributed by atoms with Gasteiger partial charge in [-0.1, -0.05) is 23.2 Å². The lowest BCUT2D eigenvalue weighted by Gasteiger charge is -2.45. The van der Waals surface area contributed by atoms with Crippen molar-refractivity contribution >= 4 is 35.0 Å². The Kier molecular flexibility index (Phi) is 5.18. The Labute approximate surface area is 150 Å². The molecule has 1 aromatic carbocycles. The first-order valence-electron chi connectivity index (χ1n) is 7.80. The van der Waals surface area contributed by atoms with Crippen molar-refractivity contribution in [1.29, 1.82) is 0 Å². The number of piperazine rings is 2. The molecule has 24 heavy (non-hydrogen) atoms. The molecule has 2 aliphatic rings. The molecule has 3 rings (SSSR count). The average Bonchev–Trinajstić information content (AvgIpc) is 2.57. The minimum Gasteiger partial charge on any atom is -0.482 e. The average molecular weight is 372 g/mol. The van der Waals surface area contributed by atoms with Crippen LogP contribution >= 0.6 is 23.2 Å². The van der Waals surface area contributed by atoms with E-state index in [0.717, 1.165) is 13.1 Å². The van der Waals surface area contributed by atoms with Crippen molar-refractivity contribution in [3.63, 3.8) is 0 Å². The number of rotatable bonds is 3. The molecule has 0 aliphatic carbocycles. The number of hydrogen-bond acceptors (Lipinski definition) is 4. The summed E-state index contributed by atoms with van der Waals surface area (Å²) in [5.74, 6) is 0.337. The quantitative estimate of drug-likeness (QED) is 0.804. The maximum Gasteiger partial charge on any atom is 0.260 e. The summed E-state index contributed by atoms with van der Waals surface area (Å²) in [5, 5.41) is 0.874. The summed E-state index contributed by atoms with van der Waals surface area (Å²) in [4.78, 5) is 30.2. The van der Waals surface area contributed by atoms with Gasteiger partial charge < -0.3 is 14.5 Å². The molecule has 8 heteroatoms. The number of carbonyl (C=O) groups excluding carboxylic acids is 2. The molecule has 2 amide bonds. The fraction of sp³-hybridized carbons (Fsp3) is 0.500.